The van der Waals surface area contributed by atoms with E-state index in [1.807, 2.05) is 18.2 Å². The minimum Gasteiger partial charge on any atom is -0.356 e. The second-order valence-corrected chi connectivity index (χ2v) is 4.43. The molecule has 1 aromatic rings. The van der Waals surface area contributed by atoms with Crippen LogP contribution in [-0.4, -0.2) is 30.0 Å². The van der Waals surface area contributed by atoms with Crippen LogP contribution in [0.25, 0.3) is 0 Å². The number of carbonyl (C=O) groups is 1. The van der Waals surface area contributed by atoms with Crippen LogP contribution in [0.1, 0.15) is 25.0 Å². The van der Waals surface area contributed by atoms with Crippen LogP contribution in [0.2, 0.25) is 0 Å². The Morgan fingerprint density at radius 3 is 3.18 bits per heavy atom. The summed E-state index contributed by atoms with van der Waals surface area (Å²) < 4.78 is 0. The fourth-order valence-corrected chi connectivity index (χ4v) is 2.12. The lowest BCUT2D eigenvalue weighted by Crippen LogP contribution is -2.31. The number of hydrogen-bond acceptors (Lipinski definition) is 3. The zero-order valence-electron chi connectivity index (χ0n) is 9.98. The van der Waals surface area contributed by atoms with Crippen molar-refractivity contribution >= 4 is 5.91 Å². The zero-order chi connectivity index (χ0) is 11.9. The van der Waals surface area contributed by atoms with Gasteiger partial charge in [-0.15, -0.1) is 0 Å². The normalized spacial score (nSPS) is 19.2. The molecular weight excluding hydrogens is 214 g/mol. The maximum atomic E-state index is 11.6. The molecule has 92 valence electrons. The average Bonchev–Trinajstić information content (AvgIpc) is 2.83. The number of pyridine rings is 1. The predicted molar refractivity (Wildman–Crippen MR) is 66.6 cm³/mol. The van der Waals surface area contributed by atoms with Crippen LogP contribution in [0.3, 0.4) is 0 Å². The van der Waals surface area contributed by atoms with Crippen molar-refractivity contribution in [3.63, 3.8) is 0 Å². The van der Waals surface area contributed by atoms with E-state index in [-0.39, 0.29) is 5.91 Å². The van der Waals surface area contributed by atoms with Gasteiger partial charge in [0.25, 0.3) is 0 Å². The van der Waals surface area contributed by atoms with Gasteiger partial charge in [0.2, 0.25) is 5.91 Å². The van der Waals surface area contributed by atoms with Crippen molar-refractivity contribution < 1.29 is 4.79 Å². The molecule has 0 aliphatic carbocycles. The van der Waals surface area contributed by atoms with E-state index in [9.17, 15) is 4.79 Å². The quantitative estimate of drug-likeness (QED) is 0.794. The van der Waals surface area contributed by atoms with E-state index >= 15 is 0 Å². The van der Waals surface area contributed by atoms with Crippen LogP contribution in [0.5, 0.6) is 0 Å². The number of nitrogens with zero attached hydrogens (tertiary/aromatic N) is 1. The summed E-state index contributed by atoms with van der Waals surface area (Å²) in [6.07, 6.45) is 5.60. The first-order valence-corrected chi connectivity index (χ1v) is 6.24. The molecule has 1 aromatic heterocycles. The Balaban J connectivity index is 1.64. The Hall–Kier alpha value is -1.42. The molecule has 17 heavy (non-hydrogen) atoms. The highest BCUT2D eigenvalue weighted by Crippen LogP contribution is 2.07. The molecule has 0 radical (unpaired) electrons. The number of carbonyl (C=O) groups excluding carboxylic acids is 1. The van der Waals surface area contributed by atoms with E-state index in [1.54, 1.807) is 6.20 Å². The smallest absolute Gasteiger partial charge is 0.226 e. The molecule has 0 aromatic carbocycles. The van der Waals surface area contributed by atoms with Crippen molar-refractivity contribution in [1.29, 1.82) is 0 Å². The van der Waals surface area contributed by atoms with Crippen molar-refractivity contribution in [1.82, 2.24) is 15.6 Å². The van der Waals surface area contributed by atoms with Gasteiger partial charge in [0, 0.05) is 24.5 Å². The van der Waals surface area contributed by atoms with Crippen molar-refractivity contribution in [3.8, 4) is 0 Å². The maximum absolute atomic E-state index is 11.6. The first kappa shape index (κ1) is 12.0. The summed E-state index contributed by atoms with van der Waals surface area (Å²) >= 11 is 0. The monoisotopic (exact) mass is 233 g/mol. The highest BCUT2D eigenvalue weighted by atomic mass is 16.1. The van der Waals surface area contributed by atoms with Gasteiger partial charge in [-0.1, -0.05) is 6.07 Å². The largest absolute Gasteiger partial charge is 0.356 e. The van der Waals surface area contributed by atoms with Crippen molar-refractivity contribution in [3.05, 3.63) is 30.1 Å². The molecule has 0 spiro atoms. The predicted octanol–water partition coefficient (Wildman–Crippen LogP) is 0.882. The second-order valence-electron chi connectivity index (χ2n) is 4.43. The second kappa shape index (κ2) is 6.35. The fourth-order valence-electron chi connectivity index (χ4n) is 2.12. The molecular formula is C13H19N3O. The first-order valence-electron chi connectivity index (χ1n) is 6.24. The van der Waals surface area contributed by atoms with E-state index in [0.29, 0.717) is 12.5 Å². The summed E-state index contributed by atoms with van der Waals surface area (Å²) in [5.41, 5.74) is 0.823. The molecule has 2 heterocycles. The lowest BCUT2D eigenvalue weighted by Gasteiger charge is -2.10. The topological polar surface area (TPSA) is 54.0 Å². The van der Waals surface area contributed by atoms with Crippen molar-refractivity contribution in [2.45, 2.75) is 31.7 Å². The molecule has 1 saturated heterocycles. The maximum Gasteiger partial charge on any atom is 0.226 e. The molecule has 1 atom stereocenters. The molecule has 2 N–H and O–H groups in total. The summed E-state index contributed by atoms with van der Waals surface area (Å²) in [5, 5.41) is 6.36. The third-order valence-corrected chi connectivity index (χ3v) is 3.05. The third kappa shape index (κ3) is 4.15. The molecule has 4 nitrogen and oxygen atoms in total. The summed E-state index contributed by atoms with van der Waals surface area (Å²) in [4.78, 5) is 15.7. The molecule has 1 aliphatic rings. The third-order valence-electron chi connectivity index (χ3n) is 3.05. The first-order chi connectivity index (χ1) is 8.34. The van der Waals surface area contributed by atoms with Gasteiger partial charge in [-0.3, -0.25) is 9.78 Å². The van der Waals surface area contributed by atoms with Gasteiger partial charge < -0.3 is 10.6 Å². The SMILES string of the molecule is O=C(Cc1ccccn1)NCC[C@@H]1CCCN1. The van der Waals surface area contributed by atoms with E-state index in [1.165, 1.54) is 12.8 Å². The number of hydrogen-bond donors (Lipinski definition) is 2. The minimum atomic E-state index is 0.0571. The molecule has 1 fully saturated rings. The van der Waals surface area contributed by atoms with Crippen LogP contribution in [0.15, 0.2) is 24.4 Å². The summed E-state index contributed by atoms with van der Waals surface area (Å²) in [7, 11) is 0. The molecule has 2 rings (SSSR count). The molecule has 1 amide bonds. The van der Waals surface area contributed by atoms with Gasteiger partial charge in [0.05, 0.1) is 6.42 Å². The average molecular weight is 233 g/mol. The molecule has 1 aliphatic heterocycles. The number of nitrogens with one attached hydrogen (secondary N) is 2. The number of amides is 1. The Morgan fingerprint density at radius 2 is 2.47 bits per heavy atom. The van der Waals surface area contributed by atoms with Gasteiger partial charge in [-0.2, -0.15) is 0 Å². The molecule has 0 saturated carbocycles. The Kier molecular flexibility index (Phi) is 4.50. The van der Waals surface area contributed by atoms with Crippen molar-refractivity contribution in [2.75, 3.05) is 13.1 Å². The highest BCUT2D eigenvalue weighted by Gasteiger charge is 2.13. The fraction of sp³-hybridized carbons (Fsp3) is 0.538. The van der Waals surface area contributed by atoms with Gasteiger partial charge in [-0.25, -0.2) is 0 Å². The summed E-state index contributed by atoms with van der Waals surface area (Å²) in [6.45, 7) is 1.87. The van der Waals surface area contributed by atoms with Crippen LogP contribution in [0, 0.1) is 0 Å². The van der Waals surface area contributed by atoms with Crippen LogP contribution < -0.4 is 10.6 Å². The summed E-state index contributed by atoms with van der Waals surface area (Å²) in [5.74, 6) is 0.0571. The zero-order valence-corrected chi connectivity index (χ0v) is 9.98. The lowest BCUT2D eigenvalue weighted by molar-refractivity contribution is -0.120. The van der Waals surface area contributed by atoms with E-state index in [2.05, 4.69) is 15.6 Å². The van der Waals surface area contributed by atoms with Crippen LogP contribution in [-0.2, 0) is 11.2 Å². The van der Waals surface area contributed by atoms with Gasteiger partial charge in [0.1, 0.15) is 0 Å². The van der Waals surface area contributed by atoms with E-state index in [4.69, 9.17) is 0 Å². The van der Waals surface area contributed by atoms with E-state index in [0.717, 1.165) is 25.2 Å². The van der Waals surface area contributed by atoms with E-state index < -0.39 is 0 Å². The molecule has 0 bridgehead atoms. The lowest BCUT2D eigenvalue weighted by atomic mass is 10.1. The summed E-state index contributed by atoms with van der Waals surface area (Å²) in [6, 6.07) is 6.22. The highest BCUT2D eigenvalue weighted by molar-refractivity contribution is 5.77. The van der Waals surface area contributed by atoms with Gasteiger partial charge in [-0.05, 0) is 37.9 Å². The Bertz CT molecular complexity index is 347. The number of rotatable bonds is 5. The Morgan fingerprint density at radius 1 is 1.53 bits per heavy atom. The number of aromatic nitrogens is 1. The molecule has 0 unspecified atom stereocenters. The van der Waals surface area contributed by atoms with Crippen LogP contribution in [0.4, 0.5) is 0 Å². The standard InChI is InChI=1S/C13H19N3O/c17-13(10-12-4-1-2-7-15-12)16-9-6-11-5-3-8-14-11/h1-2,4,7,11,14H,3,5-6,8-10H2,(H,16,17)/t11-/m0/s1. The van der Waals surface area contributed by atoms with Gasteiger partial charge >= 0.3 is 0 Å². The van der Waals surface area contributed by atoms with Crippen LogP contribution >= 0.6 is 0 Å². The Labute approximate surface area is 102 Å². The molecule has 4 heteroatoms. The van der Waals surface area contributed by atoms with Crippen molar-refractivity contribution in [2.24, 2.45) is 0 Å². The minimum absolute atomic E-state index is 0.0571. The van der Waals surface area contributed by atoms with Gasteiger partial charge in [0.15, 0.2) is 0 Å².